The second kappa shape index (κ2) is 8.01. The molecule has 0 aromatic carbocycles. The van der Waals surface area contributed by atoms with Gasteiger partial charge in [-0.1, -0.05) is 5.23 Å². The first-order valence-corrected chi connectivity index (χ1v) is 7.90. The molecule has 1 saturated heterocycles. The summed E-state index contributed by atoms with van der Waals surface area (Å²) in [5.41, 5.74) is -0.492. The molecule has 22 heavy (non-hydrogen) atoms. The zero-order valence-electron chi connectivity index (χ0n) is 14.4. The first-order valence-electron chi connectivity index (χ1n) is 7.90. The number of hydroxylamine groups is 2. The lowest BCUT2D eigenvalue weighted by atomic mass is 9.77. The number of piperidine rings is 1. The molecule has 1 rings (SSSR count). The van der Waals surface area contributed by atoms with Crippen LogP contribution in [0.4, 0.5) is 0 Å². The molecule has 1 heterocycles. The molecule has 3 N–H and O–H groups in total. The highest BCUT2D eigenvalue weighted by molar-refractivity contribution is 5.01. The Morgan fingerprint density at radius 3 is 1.77 bits per heavy atom. The Morgan fingerprint density at radius 2 is 1.45 bits per heavy atom. The van der Waals surface area contributed by atoms with Gasteiger partial charge in [0.2, 0.25) is 0 Å². The maximum absolute atomic E-state index is 10.1. The zero-order valence-corrected chi connectivity index (χ0v) is 14.4. The van der Waals surface area contributed by atoms with Crippen LogP contribution in [-0.2, 0) is 9.68 Å². The molecule has 0 aromatic rings. The van der Waals surface area contributed by atoms with Crippen LogP contribution in [0.15, 0.2) is 0 Å². The minimum absolute atomic E-state index is 0.0295. The molecule has 7 nitrogen and oxygen atoms in total. The van der Waals surface area contributed by atoms with Crippen molar-refractivity contribution >= 4 is 0 Å². The molecule has 0 saturated carbocycles. The van der Waals surface area contributed by atoms with Crippen molar-refractivity contribution in [1.82, 2.24) is 10.1 Å². The Kier molecular flexibility index (Phi) is 7.20. The third-order valence-electron chi connectivity index (χ3n) is 4.07. The zero-order chi connectivity index (χ0) is 17.0. The van der Waals surface area contributed by atoms with Crippen molar-refractivity contribution < 1.29 is 25.0 Å². The van der Waals surface area contributed by atoms with E-state index in [1.807, 2.05) is 0 Å². The number of aliphatic hydroxyl groups excluding tert-OH is 3. The molecule has 0 spiro atoms. The SMILES string of the molecule is CC(O)N1C(C)(C)CC(N(OCCO)OCCO)CC1(C)C. The summed E-state index contributed by atoms with van der Waals surface area (Å²) < 4.78 is 0. The first-order chi connectivity index (χ1) is 10.2. The van der Waals surface area contributed by atoms with E-state index in [1.54, 1.807) is 6.92 Å². The van der Waals surface area contributed by atoms with Gasteiger partial charge in [0.05, 0.1) is 32.5 Å². The van der Waals surface area contributed by atoms with Crippen LogP contribution in [-0.4, -0.2) is 75.2 Å². The van der Waals surface area contributed by atoms with Crippen LogP contribution in [0.25, 0.3) is 0 Å². The number of nitrogens with zero attached hydrogens (tertiary/aromatic N) is 2. The Morgan fingerprint density at radius 1 is 1.05 bits per heavy atom. The standard InChI is InChI=1S/C15H32N2O5/c1-12(20)16-14(2,3)10-13(11-15(16,4)5)17(21-8-6-18)22-9-7-19/h12-13,18-20H,6-11H2,1-5H3. The summed E-state index contributed by atoms with van der Waals surface area (Å²) in [7, 11) is 0. The van der Waals surface area contributed by atoms with Crippen LogP contribution >= 0.6 is 0 Å². The van der Waals surface area contributed by atoms with Gasteiger partial charge >= 0.3 is 0 Å². The van der Waals surface area contributed by atoms with E-state index in [2.05, 4.69) is 32.6 Å². The average molecular weight is 320 g/mol. The van der Waals surface area contributed by atoms with Gasteiger partial charge in [-0.25, -0.2) is 0 Å². The van der Waals surface area contributed by atoms with Gasteiger partial charge in [0.1, 0.15) is 6.23 Å². The number of hydrogen-bond donors (Lipinski definition) is 3. The maximum atomic E-state index is 10.1. The van der Waals surface area contributed by atoms with Crippen LogP contribution in [0.5, 0.6) is 0 Å². The fourth-order valence-corrected chi connectivity index (χ4v) is 3.91. The van der Waals surface area contributed by atoms with E-state index in [4.69, 9.17) is 19.9 Å². The molecular formula is C15H32N2O5. The molecule has 132 valence electrons. The number of rotatable bonds is 8. The van der Waals surface area contributed by atoms with Crippen molar-refractivity contribution in [2.45, 2.75) is 70.8 Å². The van der Waals surface area contributed by atoms with Crippen LogP contribution in [0.1, 0.15) is 47.5 Å². The van der Waals surface area contributed by atoms with Gasteiger partial charge in [0, 0.05) is 11.1 Å². The molecule has 1 aliphatic heterocycles. The summed E-state index contributed by atoms with van der Waals surface area (Å²) in [6.45, 7) is 10.2. The van der Waals surface area contributed by atoms with E-state index in [1.165, 1.54) is 5.23 Å². The monoisotopic (exact) mass is 320 g/mol. The van der Waals surface area contributed by atoms with Gasteiger partial charge in [0.15, 0.2) is 0 Å². The van der Waals surface area contributed by atoms with Crippen molar-refractivity contribution in [3.8, 4) is 0 Å². The third-order valence-corrected chi connectivity index (χ3v) is 4.07. The summed E-state index contributed by atoms with van der Waals surface area (Å²) in [5.74, 6) is 0. The molecule has 1 aliphatic rings. The first kappa shape index (κ1) is 19.8. The number of hydrogen-bond acceptors (Lipinski definition) is 7. The normalized spacial score (nSPS) is 23.9. The van der Waals surface area contributed by atoms with E-state index in [0.29, 0.717) is 0 Å². The molecule has 0 bridgehead atoms. The Bertz CT molecular complexity index is 310. The number of aliphatic hydroxyl groups is 3. The van der Waals surface area contributed by atoms with Crippen molar-refractivity contribution in [2.24, 2.45) is 0 Å². The van der Waals surface area contributed by atoms with Crippen LogP contribution in [0, 0.1) is 0 Å². The highest BCUT2D eigenvalue weighted by Gasteiger charge is 2.49. The Hall–Kier alpha value is -0.280. The van der Waals surface area contributed by atoms with Crippen LogP contribution in [0.3, 0.4) is 0 Å². The summed E-state index contributed by atoms with van der Waals surface area (Å²) in [5, 5.41) is 29.5. The Balaban J connectivity index is 2.90. The summed E-state index contributed by atoms with van der Waals surface area (Å²) in [4.78, 5) is 13.1. The summed E-state index contributed by atoms with van der Waals surface area (Å²) in [6, 6.07) is -0.0295. The molecule has 1 unspecified atom stereocenters. The lowest BCUT2D eigenvalue weighted by molar-refractivity contribution is -0.401. The molecule has 1 atom stereocenters. The fourth-order valence-electron chi connectivity index (χ4n) is 3.91. The number of likely N-dealkylation sites (tertiary alicyclic amines) is 1. The molecule has 0 radical (unpaired) electrons. The second-order valence-corrected chi connectivity index (χ2v) is 7.09. The lowest BCUT2D eigenvalue weighted by Gasteiger charge is -2.57. The smallest absolute Gasteiger partial charge is 0.105 e. The third kappa shape index (κ3) is 4.86. The molecule has 0 aromatic heterocycles. The molecule has 1 fully saturated rings. The van der Waals surface area contributed by atoms with E-state index < -0.39 is 6.23 Å². The highest BCUT2D eigenvalue weighted by atomic mass is 17.0. The largest absolute Gasteiger partial charge is 0.394 e. The van der Waals surface area contributed by atoms with Gasteiger partial charge in [-0.15, -0.1) is 0 Å². The minimum Gasteiger partial charge on any atom is -0.394 e. The predicted molar refractivity (Wildman–Crippen MR) is 82.6 cm³/mol. The average Bonchev–Trinajstić information content (AvgIpc) is 2.35. The molecule has 0 amide bonds. The second-order valence-electron chi connectivity index (χ2n) is 7.09. The van der Waals surface area contributed by atoms with Crippen LogP contribution < -0.4 is 0 Å². The highest BCUT2D eigenvalue weighted by Crippen LogP contribution is 2.41. The van der Waals surface area contributed by atoms with Crippen molar-refractivity contribution in [3.63, 3.8) is 0 Å². The maximum Gasteiger partial charge on any atom is 0.105 e. The lowest BCUT2D eigenvalue weighted by Crippen LogP contribution is -2.66. The van der Waals surface area contributed by atoms with Gasteiger partial charge in [0.25, 0.3) is 0 Å². The van der Waals surface area contributed by atoms with E-state index in [-0.39, 0.29) is 43.5 Å². The molecule has 7 heteroatoms. The quantitative estimate of drug-likeness (QED) is 0.561. The molecular weight excluding hydrogens is 288 g/mol. The molecule has 0 aliphatic carbocycles. The van der Waals surface area contributed by atoms with Gasteiger partial charge in [-0.05, 0) is 47.5 Å². The van der Waals surface area contributed by atoms with E-state index in [9.17, 15) is 5.11 Å². The van der Waals surface area contributed by atoms with Gasteiger partial charge < -0.3 is 15.3 Å². The topological polar surface area (TPSA) is 85.6 Å². The van der Waals surface area contributed by atoms with Crippen molar-refractivity contribution in [3.05, 3.63) is 0 Å². The fraction of sp³-hybridized carbons (Fsp3) is 1.00. The van der Waals surface area contributed by atoms with Gasteiger partial charge in [-0.3, -0.25) is 14.6 Å². The summed E-state index contributed by atoms with van der Waals surface area (Å²) in [6.07, 6.45) is 0.923. The minimum atomic E-state index is -0.545. The van der Waals surface area contributed by atoms with Gasteiger partial charge in [-0.2, -0.15) is 0 Å². The Labute approximate surface area is 133 Å². The van der Waals surface area contributed by atoms with Crippen LogP contribution in [0.2, 0.25) is 0 Å². The predicted octanol–water partition coefficient (Wildman–Crippen LogP) is 0.496. The van der Waals surface area contributed by atoms with Crippen molar-refractivity contribution in [2.75, 3.05) is 26.4 Å². The van der Waals surface area contributed by atoms with Crippen molar-refractivity contribution in [1.29, 1.82) is 0 Å². The van der Waals surface area contributed by atoms with E-state index in [0.717, 1.165) is 12.8 Å². The van der Waals surface area contributed by atoms with E-state index >= 15 is 0 Å². The summed E-state index contributed by atoms with van der Waals surface area (Å²) >= 11 is 0.